The molecule has 10 rings (SSSR count). The number of nitrogens with zero attached hydrogens (tertiary/aromatic N) is 3. The van der Waals surface area contributed by atoms with E-state index in [1.54, 1.807) is 0 Å². The maximum Gasteiger partial charge on any atom is 0.0717 e. The zero-order chi connectivity index (χ0) is 38.6. The van der Waals surface area contributed by atoms with Crippen LogP contribution in [0.25, 0.3) is 33.3 Å². The van der Waals surface area contributed by atoms with Crippen molar-refractivity contribution in [3.05, 3.63) is 176 Å². The highest BCUT2D eigenvalue weighted by molar-refractivity contribution is 8.33. The van der Waals surface area contributed by atoms with Crippen molar-refractivity contribution in [1.82, 2.24) is 4.98 Å². The summed E-state index contributed by atoms with van der Waals surface area (Å²) in [6.07, 6.45) is 9.66. The summed E-state index contributed by atoms with van der Waals surface area (Å²) in [5.74, 6) is 0. The van der Waals surface area contributed by atoms with E-state index in [9.17, 15) is 0 Å². The summed E-state index contributed by atoms with van der Waals surface area (Å²) in [5.41, 5.74) is 12.7. The largest absolute Gasteiger partial charge is 0.308 e. The highest BCUT2D eigenvalue weighted by Crippen LogP contribution is 2.68. The Bertz CT molecular complexity index is 2640. The minimum Gasteiger partial charge on any atom is -0.308 e. The van der Waals surface area contributed by atoms with E-state index in [4.69, 9.17) is 4.98 Å². The fourth-order valence-electron chi connectivity index (χ4n) is 8.49. The normalized spacial score (nSPS) is 15.6. The van der Waals surface area contributed by atoms with E-state index in [0.717, 1.165) is 33.5 Å². The van der Waals surface area contributed by atoms with E-state index in [2.05, 4.69) is 211 Å². The molecule has 0 fully saturated rings. The Morgan fingerprint density at radius 2 is 0.804 bits per heavy atom. The molecule has 5 heteroatoms. The third-order valence-corrected chi connectivity index (χ3v) is 17.0. The minimum atomic E-state index is -1.17. The van der Waals surface area contributed by atoms with Gasteiger partial charge in [-0.05, 0) is 121 Å². The lowest BCUT2D eigenvalue weighted by Crippen LogP contribution is -2.20. The number of hydrogen-bond acceptors (Lipinski definition) is 3. The number of pyridine rings is 1. The van der Waals surface area contributed by atoms with Gasteiger partial charge in [0.15, 0.2) is 0 Å². The smallest absolute Gasteiger partial charge is 0.0717 e. The molecule has 0 atom stereocenters. The average molecular weight is 766 g/mol. The SMILES string of the molecule is CC.CS1(C)c2ccccc2N(c2ccc(-c3cc(-c4ccccc4)c4cc(N5c6ccccc6S(C)(C)c6ccccc65)ccc4n3)cc2)c2ccccc21. The molecule has 0 saturated carbocycles. The zero-order valence-electron chi connectivity index (χ0n) is 32.9. The van der Waals surface area contributed by atoms with Crippen molar-refractivity contribution < 1.29 is 0 Å². The number of rotatable bonds is 4. The van der Waals surface area contributed by atoms with Gasteiger partial charge in [-0.1, -0.05) is 105 Å². The van der Waals surface area contributed by atoms with Crippen molar-refractivity contribution in [3.8, 4) is 22.4 Å². The Labute approximate surface area is 334 Å². The molecular weight excluding hydrogens is 719 g/mol. The number of hydrogen-bond donors (Lipinski definition) is 0. The van der Waals surface area contributed by atoms with Gasteiger partial charge in [0.25, 0.3) is 0 Å². The van der Waals surface area contributed by atoms with Gasteiger partial charge in [-0.3, -0.25) is 0 Å². The van der Waals surface area contributed by atoms with Crippen LogP contribution in [-0.2, 0) is 0 Å². The zero-order valence-corrected chi connectivity index (χ0v) is 34.5. The van der Waals surface area contributed by atoms with Crippen molar-refractivity contribution in [3.63, 3.8) is 0 Å². The predicted octanol–water partition coefficient (Wildman–Crippen LogP) is 15.1. The molecule has 0 N–H and O–H groups in total. The topological polar surface area (TPSA) is 19.4 Å². The number of benzene rings is 7. The van der Waals surface area contributed by atoms with Crippen molar-refractivity contribution in [2.24, 2.45) is 0 Å². The Morgan fingerprint density at radius 1 is 0.393 bits per heavy atom. The first kappa shape index (κ1) is 35.9. The fraction of sp³-hybridized carbons (Fsp3) is 0.118. The molecule has 0 unspecified atom stereocenters. The molecule has 0 bridgehead atoms. The summed E-state index contributed by atoms with van der Waals surface area (Å²) in [6.45, 7) is 4.00. The molecule has 1 aromatic heterocycles. The molecule has 0 radical (unpaired) electrons. The third kappa shape index (κ3) is 5.72. The van der Waals surface area contributed by atoms with Gasteiger partial charge in [0.2, 0.25) is 0 Å². The van der Waals surface area contributed by atoms with Crippen LogP contribution in [0.1, 0.15) is 13.8 Å². The van der Waals surface area contributed by atoms with Crippen molar-refractivity contribution in [2.45, 2.75) is 33.4 Å². The van der Waals surface area contributed by atoms with Gasteiger partial charge >= 0.3 is 0 Å². The molecule has 3 heterocycles. The van der Waals surface area contributed by atoms with E-state index in [1.807, 2.05) is 13.8 Å². The highest BCUT2D eigenvalue weighted by atomic mass is 32.3. The highest BCUT2D eigenvalue weighted by Gasteiger charge is 2.35. The number of anilines is 6. The second-order valence-corrected chi connectivity index (χ2v) is 21.9. The maximum atomic E-state index is 5.34. The third-order valence-electron chi connectivity index (χ3n) is 11.2. The van der Waals surface area contributed by atoms with Gasteiger partial charge in [-0.2, -0.15) is 20.1 Å². The molecule has 0 saturated heterocycles. The quantitative estimate of drug-likeness (QED) is 0.178. The van der Waals surface area contributed by atoms with Gasteiger partial charge < -0.3 is 9.80 Å². The molecule has 56 heavy (non-hydrogen) atoms. The molecule has 8 aromatic rings. The predicted molar refractivity (Wildman–Crippen MR) is 245 cm³/mol. The molecule has 2 aliphatic heterocycles. The summed E-state index contributed by atoms with van der Waals surface area (Å²) in [4.78, 5) is 15.9. The molecule has 7 aromatic carbocycles. The van der Waals surface area contributed by atoms with E-state index in [-0.39, 0.29) is 0 Å². The summed E-state index contributed by atoms with van der Waals surface area (Å²) in [6, 6.07) is 64.5. The number of aromatic nitrogens is 1. The van der Waals surface area contributed by atoms with Gasteiger partial charge in [-0.25, -0.2) is 4.98 Å². The van der Waals surface area contributed by atoms with Crippen LogP contribution in [0.15, 0.2) is 196 Å². The minimum absolute atomic E-state index is 0.963. The van der Waals surface area contributed by atoms with E-state index >= 15 is 0 Å². The standard InChI is InChI=1S/C49H41N3S2.C2H6/c1-53(2)46-22-12-8-18-42(46)51(43-19-9-13-23-47(43)53)36-28-26-35(27-29-36)41-33-38(34-16-6-5-7-17-34)39-32-37(30-31-40(39)50-41)52-44-20-10-14-24-48(44)54(3,4)49-25-15-11-21-45(49)52;1-2/h5-33H,1-4H3;1-2H3. The molecule has 0 aliphatic carbocycles. The van der Waals surface area contributed by atoms with Gasteiger partial charge in [0.05, 0.1) is 34.0 Å². The summed E-state index contributed by atoms with van der Waals surface area (Å²) >= 11 is 0. The lowest BCUT2D eigenvalue weighted by Gasteiger charge is -2.45. The van der Waals surface area contributed by atoms with Crippen LogP contribution in [0.3, 0.4) is 0 Å². The van der Waals surface area contributed by atoms with Crippen molar-refractivity contribution in [1.29, 1.82) is 0 Å². The monoisotopic (exact) mass is 765 g/mol. The average Bonchev–Trinajstić information content (AvgIpc) is 3.25. The Morgan fingerprint density at radius 3 is 1.29 bits per heavy atom. The Kier molecular flexibility index (Phi) is 9.03. The van der Waals surface area contributed by atoms with E-state index in [1.165, 1.54) is 53.5 Å². The second-order valence-electron chi connectivity index (χ2n) is 14.9. The summed E-state index contributed by atoms with van der Waals surface area (Å²) in [7, 11) is -2.32. The maximum absolute atomic E-state index is 5.34. The number of para-hydroxylation sites is 4. The van der Waals surface area contributed by atoms with Gasteiger partial charge in [-0.15, -0.1) is 0 Å². The molecule has 278 valence electrons. The number of fused-ring (bicyclic) bond motifs is 5. The molecular formula is C51H47N3S2. The molecule has 3 nitrogen and oxygen atoms in total. The van der Waals surface area contributed by atoms with Crippen LogP contribution >= 0.6 is 20.1 Å². The molecule has 2 aliphatic rings. The lowest BCUT2D eigenvalue weighted by atomic mass is 9.97. The lowest BCUT2D eigenvalue weighted by molar-refractivity contribution is 1.15. The Hall–Kier alpha value is -5.75. The van der Waals surface area contributed by atoms with Crippen LogP contribution in [0, 0.1) is 0 Å². The Balaban J connectivity index is 0.00000202. The van der Waals surface area contributed by atoms with Crippen LogP contribution in [-0.4, -0.2) is 30.0 Å². The van der Waals surface area contributed by atoms with E-state index < -0.39 is 20.1 Å². The van der Waals surface area contributed by atoms with Crippen LogP contribution in [0.2, 0.25) is 0 Å². The van der Waals surface area contributed by atoms with Crippen LogP contribution in [0.4, 0.5) is 34.1 Å². The van der Waals surface area contributed by atoms with Crippen molar-refractivity contribution in [2.75, 3.05) is 34.8 Å². The van der Waals surface area contributed by atoms with Gasteiger partial charge in [0.1, 0.15) is 0 Å². The summed E-state index contributed by atoms with van der Waals surface area (Å²) < 4.78 is 0. The van der Waals surface area contributed by atoms with Crippen LogP contribution in [0.5, 0.6) is 0 Å². The first-order valence-corrected chi connectivity index (χ1v) is 24.2. The van der Waals surface area contributed by atoms with Crippen LogP contribution < -0.4 is 9.80 Å². The molecule has 0 spiro atoms. The summed E-state index contributed by atoms with van der Waals surface area (Å²) in [5, 5.41) is 1.14. The first-order chi connectivity index (χ1) is 27.3. The van der Waals surface area contributed by atoms with Crippen molar-refractivity contribution >= 4 is 65.1 Å². The first-order valence-electron chi connectivity index (χ1n) is 19.3. The second kappa shape index (κ2) is 14.1. The van der Waals surface area contributed by atoms with Gasteiger partial charge in [0, 0.05) is 41.9 Å². The fourth-order valence-corrected chi connectivity index (χ4v) is 13.4. The molecule has 0 amide bonds. The van der Waals surface area contributed by atoms with E-state index in [0.29, 0.717) is 0 Å².